The molecule has 6 aromatic carbocycles. The van der Waals surface area contributed by atoms with E-state index in [9.17, 15) is 65.9 Å². The van der Waals surface area contributed by atoms with Crippen molar-refractivity contribution < 1.29 is 130 Å². The van der Waals surface area contributed by atoms with Gasteiger partial charge in [-0.25, -0.2) is 92.2 Å². The molecule has 0 spiro atoms. The highest BCUT2D eigenvalue weighted by Gasteiger charge is 2.51. The van der Waals surface area contributed by atoms with Gasteiger partial charge in [-0.3, -0.25) is 0 Å². The van der Waals surface area contributed by atoms with E-state index in [0.29, 0.717) is 0 Å². The van der Waals surface area contributed by atoms with Gasteiger partial charge in [0.2, 0.25) is 52.4 Å². The Kier molecular flexibility index (Phi) is 13.0. The molecule has 354 valence electrons. The molecule has 31 heteroatoms. The molecule has 0 unspecified atom stereocenters. The summed E-state index contributed by atoms with van der Waals surface area (Å²) in [6, 6.07) is 0. The molecule has 0 atom stereocenters. The van der Waals surface area contributed by atoms with Crippen LogP contribution in [0, 0.1) is 157 Å². The van der Waals surface area contributed by atoms with E-state index in [1.807, 2.05) is 0 Å². The van der Waals surface area contributed by atoms with Crippen LogP contribution in [-0.2, 0) is 0 Å². The molecule has 0 heterocycles. The molecule has 6 aromatic rings. The third-order valence-corrected chi connectivity index (χ3v) is 9.98. The van der Waals surface area contributed by atoms with Crippen molar-refractivity contribution in [1.82, 2.24) is 0 Å². The minimum atomic E-state index is -6.50. The van der Waals surface area contributed by atoms with Crippen LogP contribution < -0.4 is 11.4 Å². The lowest BCUT2D eigenvalue weighted by Crippen LogP contribution is -2.39. The van der Waals surface area contributed by atoms with Crippen LogP contribution >= 0.6 is 0 Å². The summed E-state index contributed by atoms with van der Waals surface area (Å²) in [5, 5.41) is 0. The van der Waals surface area contributed by atoms with Crippen LogP contribution in [0.5, 0.6) is 17.2 Å². The molecule has 6 rings (SSSR count). The van der Waals surface area contributed by atoms with E-state index >= 15 is 52.7 Å². The Bertz CT molecular complexity index is 2650. The molecule has 3 nitrogen and oxygen atoms in total. The summed E-state index contributed by atoms with van der Waals surface area (Å²) in [7, 11) is 0. The molecule has 0 aliphatic heterocycles. The Morgan fingerprint density at radius 1 is 0.149 bits per heavy atom. The number of hydrogen-bond acceptors (Lipinski definition) is 3. The second kappa shape index (κ2) is 17.5. The van der Waals surface area contributed by atoms with Gasteiger partial charge in [-0.15, -0.1) is 0 Å². The van der Waals surface area contributed by atoms with Crippen LogP contribution in [0.2, 0.25) is 0 Å². The normalized spacial score (nSPS) is 11.5. The van der Waals surface area contributed by atoms with Crippen LogP contribution in [0.1, 0.15) is 0 Å². The van der Waals surface area contributed by atoms with Crippen molar-refractivity contribution in [1.29, 1.82) is 0 Å². The van der Waals surface area contributed by atoms with Gasteiger partial charge >= 0.3 is 15.1 Å². The summed E-state index contributed by atoms with van der Waals surface area (Å²) in [5.41, 5.74) is -17.1. The van der Waals surface area contributed by atoms with Crippen molar-refractivity contribution in [3.63, 3.8) is 0 Å². The summed E-state index contributed by atoms with van der Waals surface area (Å²) in [6.45, 7) is 0. The van der Waals surface area contributed by atoms with Crippen LogP contribution in [0.15, 0.2) is 0 Å². The molecule has 0 saturated heterocycles. The second-order valence-corrected chi connectivity index (χ2v) is 13.6. The first kappa shape index (κ1) is 49.8. The molecule has 67 heavy (non-hydrogen) atoms. The fourth-order valence-corrected chi connectivity index (χ4v) is 6.98. The van der Waals surface area contributed by atoms with Crippen molar-refractivity contribution in [3.8, 4) is 50.6 Å². The van der Waals surface area contributed by atoms with Gasteiger partial charge in [-0.2, -0.15) is 26.3 Å². The second-order valence-electron chi connectivity index (χ2n) is 12.4. The highest BCUT2D eigenvalue weighted by molar-refractivity contribution is 6.39. The zero-order valence-electron chi connectivity index (χ0n) is 30.0. The Hall–Kier alpha value is -6.64. The van der Waals surface area contributed by atoms with Crippen molar-refractivity contribution >= 4 is 15.1 Å². The standard InChI is InChI=1S/3C12HF9O.Al/c3*13-3-1(4(14)8(18)9(19)7(3)17)2-5(15)10(20)12(22)11(21)6(2)16;/h3*22H;/q;;;+3/p-3. The lowest BCUT2D eigenvalue weighted by atomic mass is 10.0. The first-order valence-corrected chi connectivity index (χ1v) is 17.6. The fraction of sp³-hybridized carbons (Fsp3) is 0. The van der Waals surface area contributed by atoms with Gasteiger partial charge in [0, 0.05) is 0 Å². The highest BCUT2D eigenvalue weighted by Crippen LogP contribution is 2.44. The predicted octanol–water partition coefficient (Wildman–Crippen LogP) is 13.0. The molecule has 0 saturated carbocycles. The maximum atomic E-state index is 15.4. The molecule has 0 aliphatic carbocycles. The Morgan fingerprint density at radius 2 is 0.254 bits per heavy atom. The highest BCUT2D eigenvalue weighted by atomic mass is 27.3. The number of halogens is 27. The third kappa shape index (κ3) is 7.50. The Morgan fingerprint density at radius 3 is 0.388 bits per heavy atom. The van der Waals surface area contributed by atoms with E-state index < -0.39 is 223 Å². The SMILES string of the molecule is Fc1c(F)c(F)c(-c2c(F)c(F)c([O][Al]([O]c3c(F)c(F)c(-c4c(F)c(F)c(F)c(F)c4F)c(F)c3F)[O]c3c(F)c(F)c(-c4c(F)c(F)c(F)c(F)c4F)c(F)c3F)c(F)c2F)c(F)c1F. The number of hydrogen-bond donors (Lipinski definition) is 0. The lowest BCUT2D eigenvalue weighted by Gasteiger charge is -2.21. The first-order chi connectivity index (χ1) is 31.0. The average molecular weight is 1020 g/mol. The van der Waals surface area contributed by atoms with Crippen molar-refractivity contribution in [2.24, 2.45) is 0 Å². The van der Waals surface area contributed by atoms with Crippen LogP contribution in [0.4, 0.5) is 119 Å². The molecule has 0 bridgehead atoms. The zero-order valence-corrected chi connectivity index (χ0v) is 31.2. The van der Waals surface area contributed by atoms with Gasteiger partial charge in [-0.1, -0.05) is 0 Å². The minimum Gasteiger partial charge on any atom is -0.573 e. The largest absolute Gasteiger partial charge is 1.20 e. The molecule has 0 radical (unpaired) electrons. The van der Waals surface area contributed by atoms with E-state index in [1.54, 1.807) is 0 Å². The van der Waals surface area contributed by atoms with Gasteiger partial charge in [0.1, 0.15) is 0 Å². The van der Waals surface area contributed by atoms with Gasteiger partial charge < -0.3 is 11.4 Å². The summed E-state index contributed by atoms with van der Waals surface area (Å²) in [6.07, 6.45) is 0. The topological polar surface area (TPSA) is 27.7 Å². The monoisotopic (exact) mass is 1020 g/mol. The predicted molar refractivity (Wildman–Crippen MR) is 162 cm³/mol. The quantitative estimate of drug-likeness (QED) is 0.0625. The maximum absolute atomic E-state index is 15.4. The first-order valence-electron chi connectivity index (χ1n) is 16.2. The van der Waals surface area contributed by atoms with E-state index in [1.165, 1.54) is 0 Å². The Balaban J connectivity index is 1.60. The number of benzene rings is 6. The lowest BCUT2D eigenvalue weighted by molar-refractivity contribution is 0.256. The van der Waals surface area contributed by atoms with Crippen LogP contribution in [-0.4, -0.2) is 15.1 Å². The summed E-state index contributed by atoms with van der Waals surface area (Å²) in [5.74, 6) is -96.0. The van der Waals surface area contributed by atoms with Crippen molar-refractivity contribution in [2.75, 3.05) is 0 Å². The maximum Gasteiger partial charge on any atom is 1.20 e. The molecule has 0 N–H and O–H groups in total. The van der Waals surface area contributed by atoms with Gasteiger partial charge in [0.05, 0.1) is 33.4 Å². The van der Waals surface area contributed by atoms with E-state index in [4.69, 9.17) is 0 Å². The zero-order chi connectivity index (χ0) is 50.5. The third-order valence-electron chi connectivity index (χ3n) is 8.69. The fourth-order valence-electron chi connectivity index (χ4n) is 5.64. The smallest absolute Gasteiger partial charge is 0.573 e. The summed E-state index contributed by atoms with van der Waals surface area (Å²) < 4.78 is 407. The number of rotatable bonds is 9. The van der Waals surface area contributed by atoms with Gasteiger partial charge in [0.15, 0.2) is 122 Å². The molecule has 0 amide bonds. The minimum absolute atomic E-state index is 2.81. The summed E-state index contributed by atoms with van der Waals surface area (Å²) in [4.78, 5) is 0. The van der Waals surface area contributed by atoms with E-state index in [2.05, 4.69) is 11.4 Å². The Labute approximate surface area is 352 Å². The van der Waals surface area contributed by atoms with E-state index in [-0.39, 0.29) is 0 Å². The van der Waals surface area contributed by atoms with Crippen LogP contribution in [0.3, 0.4) is 0 Å². The molecule has 0 fully saturated rings. The molecule has 0 aromatic heterocycles. The van der Waals surface area contributed by atoms with Crippen molar-refractivity contribution in [3.05, 3.63) is 157 Å². The van der Waals surface area contributed by atoms with E-state index in [0.717, 1.165) is 0 Å². The van der Waals surface area contributed by atoms with Gasteiger partial charge in [-0.05, 0) is 0 Å². The van der Waals surface area contributed by atoms with Crippen LogP contribution in [0.25, 0.3) is 33.4 Å². The summed E-state index contributed by atoms with van der Waals surface area (Å²) >= 11 is -6.50. The molecule has 0 aliphatic rings. The average Bonchev–Trinajstić information content (AvgIpc) is 3.30. The van der Waals surface area contributed by atoms with Gasteiger partial charge in [0.25, 0.3) is 0 Å². The van der Waals surface area contributed by atoms with Crippen molar-refractivity contribution in [2.45, 2.75) is 0 Å². The molecular weight excluding hydrogens is 1020 g/mol. The molecular formula is C36AlF27O3.